The van der Waals surface area contributed by atoms with Gasteiger partial charge in [0.15, 0.2) is 0 Å². The van der Waals surface area contributed by atoms with Crippen LogP contribution in [0.25, 0.3) is 0 Å². The number of carboxylic acid groups (broad SMARTS) is 1. The van der Waals surface area contributed by atoms with Crippen molar-refractivity contribution in [2.75, 3.05) is 13.1 Å². The van der Waals surface area contributed by atoms with Crippen LogP contribution in [0.5, 0.6) is 0 Å². The smallest absolute Gasteiger partial charge is 0.339 e. The number of carbonyl (C=O) groups is 1. The first-order valence-corrected chi connectivity index (χ1v) is 8.44. The number of benzene rings is 1. The molecule has 1 saturated heterocycles. The number of likely N-dealkylation sites (tertiary alicyclic amines) is 1. The molecule has 0 unspecified atom stereocenters. The summed E-state index contributed by atoms with van der Waals surface area (Å²) < 4.78 is 0. The van der Waals surface area contributed by atoms with Crippen molar-refractivity contribution in [3.8, 4) is 0 Å². The minimum Gasteiger partial charge on any atom is -0.478 e. The number of rotatable bonds is 5. The fourth-order valence-electron chi connectivity index (χ4n) is 3.30. The number of piperidine rings is 1. The van der Waals surface area contributed by atoms with E-state index in [-0.39, 0.29) is 5.56 Å². The molecule has 0 saturated carbocycles. The second-order valence-corrected chi connectivity index (χ2v) is 6.50. The number of nitrogens with zero attached hydrogens (tertiary/aromatic N) is 3. The van der Waals surface area contributed by atoms with Gasteiger partial charge in [0.25, 0.3) is 0 Å². The summed E-state index contributed by atoms with van der Waals surface area (Å²) in [5, 5.41) is 9.04. The standard InChI is InChI=1S/C19H23N3O2/c1-14-17(19(23)24)12-20-18(21-14)13-22-9-7-16(8-10-22)11-15-5-3-2-4-6-15/h2-6,12,16H,7-11,13H2,1H3,(H,23,24). The van der Waals surface area contributed by atoms with E-state index in [1.165, 1.54) is 24.6 Å². The lowest BCUT2D eigenvalue weighted by molar-refractivity contribution is 0.0695. The van der Waals surface area contributed by atoms with Crippen LogP contribution in [-0.2, 0) is 13.0 Å². The van der Waals surface area contributed by atoms with Gasteiger partial charge < -0.3 is 5.11 Å². The number of hydrogen-bond acceptors (Lipinski definition) is 4. The molecule has 0 aliphatic carbocycles. The fourth-order valence-corrected chi connectivity index (χ4v) is 3.30. The minimum atomic E-state index is -0.972. The summed E-state index contributed by atoms with van der Waals surface area (Å²) in [4.78, 5) is 21.9. The van der Waals surface area contributed by atoms with Crippen LogP contribution in [0.2, 0.25) is 0 Å². The molecule has 1 aromatic carbocycles. The molecule has 0 spiro atoms. The number of aromatic carboxylic acids is 1. The summed E-state index contributed by atoms with van der Waals surface area (Å²) >= 11 is 0. The average Bonchev–Trinajstić information content (AvgIpc) is 2.57. The van der Waals surface area contributed by atoms with Gasteiger partial charge in [-0.05, 0) is 50.8 Å². The van der Waals surface area contributed by atoms with Gasteiger partial charge in [0.1, 0.15) is 5.82 Å². The SMILES string of the molecule is Cc1nc(CN2CCC(Cc3ccccc3)CC2)ncc1C(=O)O. The summed E-state index contributed by atoms with van der Waals surface area (Å²) in [7, 11) is 0. The van der Waals surface area contributed by atoms with Crippen molar-refractivity contribution in [3.63, 3.8) is 0 Å². The zero-order valence-corrected chi connectivity index (χ0v) is 14.0. The van der Waals surface area contributed by atoms with Crippen LogP contribution < -0.4 is 0 Å². The molecule has 0 atom stereocenters. The van der Waals surface area contributed by atoms with Gasteiger partial charge in [0.2, 0.25) is 0 Å². The Bertz CT molecular complexity index is 695. The van der Waals surface area contributed by atoms with Crippen LogP contribution in [0.15, 0.2) is 36.5 Å². The van der Waals surface area contributed by atoms with E-state index in [0.717, 1.165) is 25.4 Å². The fraction of sp³-hybridized carbons (Fsp3) is 0.421. The molecule has 2 heterocycles. The molecule has 126 valence electrons. The van der Waals surface area contributed by atoms with Gasteiger partial charge in [-0.15, -0.1) is 0 Å². The summed E-state index contributed by atoms with van der Waals surface area (Å²) in [6.45, 7) is 4.50. The van der Waals surface area contributed by atoms with E-state index in [1.807, 2.05) is 0 Å². The Hall–Kier alpha value is -2.27. The van der Waals surface area contributed by atoms with Crippen LogP contribution in [0.4, 0.5) is 0 Å². The summed E-state index contributed by atoms with van der Waals surface area (Å²) in [5.74, 6) is 0.473. The number of aromatic nitrogens is 2. The molecule has 24 heavy (non-hydrogen) atoms. The first kappa shape index (κ1) is 16.6. The van der Waals surface area contributed by atoms with E-state index in [2.05, 4.69) is 45.2 Å². The Balaban J connectivity index is 1.52. The molecule has 0 bridgehead atoms. The molecule has 1 aliphatic rings. The molecule has 2 aromatic rings. The van der Waals surface area contributed by atoms with Crippen LogP contribution >= 0.6 is 0 Å². The molecule has 1 aliphatic heterocycles. The Morgan fingerprint density at radius 3 is 2.58 bits per heavy atom. The third-order valence-corrected chi connectivity index (χ3v) is 4.70. The van der Waals surface area contributed by atoms with Gasteiger partial charge in [-0.1, -0.05) is 30.3 Å². The average molecular weight is 325 g/mol. The predicted molar refractivity (Wildman–Crippen MR) is 91.9 cm³/mol. The van der Waals surface area contributed by atoms with Crippen molar-refractivity contribution >= 4 is 5.97 Å². The third-order valence-electron chi connectivity index (χ3n) is 4.70. The van der Waals surface area contributed by atoms with Gasteiger partial charge >= 0.3 is 5.97 Å². The molecular formula is C19H23N3O2. The van der Waals surface area contributed by atoms with Crippen LogP contribution in [0, 0.1) is 12.8 Å². The number of carboxylic acids is 1. The third kappa shape index (κ3) is 4.17. The molecule has 0 radical (unpaired) electrons. The number of aryl methyl sites for hydroxylation is 1. The van der Waals surface area contributed by atoms with E-state index < -0.39 is 5.97 Å². The first-order chi connectivity index (χ1) is 11.6. The highest BCUT2D eigenvalue weighted by Crippen LogP contribution is 2.22. The first-order valence-electron chi connectivity index (χ1n) is 8.44. The maximum Gasteiger partial charge on any atom is 0.339 e. The highest BCUT2D eigenvalue weighted by atomic mass is 16.4. The van der Waals surface area contributed by atoms with E-state index in [4.69, 9.17) is 5.11 Å². The Kier molecular flexibility index (Phi) is 5.20. The van der Waals surface area contributed by atoms with E-state index in [1.54, 1.807) is 6.92 Å². The van der Waals surface area contributed by atoms with Crippen molar-refractivity contribution in [2.45, 2.75) is 32.7 Å². The maximum atomic E-state index is 11.0. The van der Waals surface area contributed by atoms with Crippen molar-refractivity contribution in [1.82, 2.24) is 14.9 Å². The Morgan fingerprint density at radius 1 is 1.25 bits per heavy atom. The molecular weight excluding hydrogens is 302 g/mol. The van der Waals surface area contributed by atoms with E-state index >= 15 is 0 Å². The van der Waals surface area contributed by atoms with Crippen molar-refractivity contribution in [1.29, 1.82) is 0 Å². The zero-order valence-electron chi connectivity index (χ0n) is 14.0. The van der Waals surface area contributed by atoms with Gasteiger partial charge in [-0.25, -0.2) is 14.8 Å². The highest BCUT2D eigenvalue weighted by molar-refractivity contribution is 5.88. The summed E-state index contributed by atoms with van der Waals surface area (Å²) in [6.07, 6.45) is 4.93. The molecule has 1 aromatic heterocycles. The van der Waals surface area contributed by atoms with Crippen molar-refractivity contribution in [3.05, 3.63) is 59.2 Å². The predicted octanol–water partition coefficient (Wildman–Crippen LogP) is 2.94. The van der Waals surface area contributed by atoms with Crippen LogP contribution in [0.1, 0.15) is 40.3 Å². The largest absolute Gasteiger partial charge is 0.478 e. The normalized spacial score (nSPS) is 16.2. The topological polar surface area (TPSA) is 66.3 Å². The molecule has 0 amide bonds. The van der Waals surface area contributed by atoms with Gasteiger partial charge in [0, 0.05) is 6.20 Å². The second-order valence-electron chi connectivity index (χ2n) is 6.50. The quantitative estimate of drug-likeness (QED) is 0.915. The zero-order chi connectivity index (χ0) is 16.9. The van der Waals surface area contributed by atoms with Crippen LogP contribution in [-0.4, -0.2) is 39.0 Å². The number of hydrogen-bond donors (Lipinski definition) is 1. The Morgan fingerprint density at radius 2 is 1.96 bits per heavy atom. The Labute approximate surface area is 142 Å². The van der Waals surface area contributed by atoms with Gasteiger partial charge in [-0.3, -0.25) is 4.90 Å². The molecule has 1 N–H and O–H groups in total. The van der Waals surface area contributed by atoms with E-state index in [9.17, 15) is 4.79 Å². The lowest BCUT2D eigenvalue weighted by Crippen LogP contribution is -2.34. The van der Waals surface area contributed by atoms with Crippen molar-refractivity contribution in [2.24, 2.45) is 5.92 Å². The maximum absolute atomic E-state index is 11.0. The minimum absolute atomic E-state index is 0.181. The van der Waals surface area contributed by atoms with Crippen LogP contribution in [0.3, 0.4) is 0 Å². The molecule has 5 heteroatoms. The van der Waals surface area contributed by atoms with Gasteiger partial charge in [0.05, 0.1) is 17.8 Å². The summed E-state index contributed by atoms with van der Waals surface area (Å²) in [5.41, 5.74) is 2.13. The van der Waals surface area contributed by atoms with Gasteiger partial charge in [-0.2, -0.15) is 0 Å². The lowest BCUT2D eigenvalue weighted by Gasteiger charge is -2.31. The monoisotopic (exact) mass is 325 g/mol. The van der Waals surface area contributed by atoms with Crippen molar-refractivity contribution < 1.29 is 9.90 Å². The molecule has 5 nitrogen and oxygen atoms in total. The molecule has 1 fully saturated rings. The molecule has 3 rings (SSSR count). The summed E-state index contributed by atoms with van der Waals surface area (Å²) in [6, 6.07) is 10.7. The lowest BCUT2D eigenvalue weighted by atomic mass is 9.90. The van der Waals surface area contributed by atoms with E-state index in [0.29, 0.717) is 18.1 Å². The highest BCUT2D eigenvalue weighted by Gasteiger charge is 2.20. The second kappa shape index (κ2) is 7.53.